The number of ketones is 1. The van der Waals surface area contributed by atoms with E-state index in [2.05, 4.69) is 20.8 Å². The number of rotatable bonds is 4. The normalized spacial score (nSPS) is 23.5. The van der Waals surface area contributed by atoms with Gasteiger partial charge in [-0.25, -0.2) is 0 Å². The highest BCUT2D eigenvalue weighted by molar-refractivity contribution is 6.11. The second kappa shape index (κ2) is 8.98. The monoisotopic (exact) mass is 445 g/mol. The van der Waals surface area contributed by atoms with Crippen molar-refractivity contribution in [1.82, 2.24) is 4.98 Å². The zero-order chi connectivity index (χ0) is 23.2. The lowest BCUT2D eigenvalue weighted by molar-refractivity contribution is 0.0955. The fourth-order valence-electron chi connectivity index (χ4n) is 6.75. The summed E-state index contributed by atoms with van der Waals surface area (Å²) in [6.07, 6.45) is 11.7. The third-order valence-electron chi connectivity index (χ3n) is 8.40. The van der Waals surface area contributed by atoms with Gasteiger partial charge in [-0.1, -0.05) is 75.8 Å². The third kappa shape index (κ3) is 4.41. The van der Waals surface area contributed by atoms with Crippen LogP contribution in [0.2, 0.25) is 0 Å². The van der Waals surface area contributed by atoms with E-state index in [-0.39, 0.29) is 11.2 Å². The maximum atomic E-state index is 14.2. The molecule has 2 fully saturated rings. The first kappa shape index (κ1) is 22.8. The summed E-state index contributed by atoms with van der Waals surface area (Å²) in [4.78, 5) is 19.5. The molecule has 0 aliphatic heterocycles. The van der Waals surface area contributed by atoms with Gasteiger partial charge in [0.15, 0.2) is 5.78 Å². The van der Waals surface area contributed by atoms with E-state index >= 15 is 0 Å². The number of benzene rings is 1. The van der Waals surface area contributed by atoms with Crippen LogP contribution in [0.1, 0.15) is 140 Å². The number of aliphatic hydroxyl groups is 1. The van der Waals surface area contributed by atoms with Gasteiger partial charge < -0.3 is 5.11 Å². The van der Waals surface area contributed by atoms with Crippen LogP contribution in [0.3, 0.4) is 0 Å². The first-order chi connectivity index (χ1) is 15.8. The van der Waals surface area contributed by atoms with Gasteiger partial charge in [0.1, 0.15) is 0 Å². The third-order valence-corrected chi connectivity index (χ3v) is 8.40. The van der Waals surface area contributed by atoms with Gasteiger partial charge in [0, 0.05) is 28.3 Å². The predicted octanol–water partition coefficient (Wildman–Crippen LogP) is 7.33. The lowest BCUT2D eigenvalue weighted by Gasteiger charge is -2.39. The van der Waals surface area contributed by atoms with Gasteiger partial charge in [-0.05, 0) is 62.3 Å². The van der Waals surface area contributed by atoms with Gasteiger partial charge in [-0.3, -0.25) is 9.78 Å². The number of aryl methyl sites for hydroxylation is 1. The number of hydrogen-bond acceptors (Lipinski definition) is 3. The Balaban J connectivity index is 1.76. The summed E-state index contributed by atoms with van der Waals surface area (Å²) >= 11 is 0. The lowest BCUT2D eigenvalue weighted by Crippen LogP contribution is -2.31. The van der Waals surface area contributed by atoms with Crippen molar-refractivity contribution in [3.8, 4) is 0 Å². The number of carbonyl (C=O) groups excluding carboxylic acids is 1. The quantitative estimate of drug-likeness (QED) is 0.501. The number of aliphatic hydroxyl groups excluding tert-OH is 1. The number of pyridine rings is 1. The van der Waals surface area contributed by atoms with E-state index in [1.165, 1.54) is 37.7 Å². The molecule has 5 rings (SSSR count). The van der Waals surface area contributed by atoms with Crippen molar-refractivity contribution in [2.75, 3.05) is 0 Å². The summed E-state index contributed by atoms with van der Waals surface area (Å²) in [5, 5.41) is 11.4. The van der Waals surface area contributed by atoms with Crippen LogP contribution >= 0.6 is 0 Å². The molecule has 2 saturated carbocycles. The Morgan fingerprint density at radius 1 is 0.909 bits per heavy atom. The maximum Gasteiger partial charge on any atom is 0.195 e. The molecule has 0 bridgehead atoms. The molecule has 0 amide bonds. The Kier molecular flexibility index (Phi) is 6.20. The van der Waals surface area contributed by atoms with Crippen LogP contribution < -0.4 is 0 Å². The van der Waals surface area contributed by atoms with Gasteiger partial charge in [0.25, 0.3) is 0 Å². The lowest BCUT2D eigenvalue weighted by atomic mass is 9.69. The van der Waals surface area contributed by atoms with Crippen molar-refractivity contribution in [3.63, 3.8) is 0 Å². The average Bonchev–Trinajstić information content (AvgIpc) is 3.32. The molecule has 0 saturated heterocycles. The van der Waals surface area contributed by atoms with Crippen molar-refractivity contribution in [1.29, 1.82) is 0 Å². The van der Waals surface area contributed by atoms with Gasteiger partial charge in [-0.15, -0.1) is 0 Å². The molecule has 1 atom stereocenters. The zero-order valence-electron chi connectivity index (χ0n) is 20.6. The van der Waals surface area contributed by atoms with Crippen LogP contribution in [0, 0.1) is 12.3 Å². The largest absolute Gasteiger partial charge is 0.388 e. The summed E-state index contributed by atoms with van der Waals surface area (Å²) in [7, 11) is 0. The zero-order valence-corrected chi connectivity index (χ0v) is 20.6. The molecule has 1 aromatic carbocycles. The van der Waals surface area contributed by atoms with Crippen molar-refractivity contribution in [2.45, 2.75) is 109 Å². The van der Waals surface area contributed by atoms with Gasteiger partial charge in [0.2, 0.25) is 0 Å². The van der Waals surface area contributed by atoms with Gasteiger partial charge >= 0.3 is 0 Å². The van der Waals surface area contributed by atoms with Crippen LogP contribution in [0.25, 0.3) is 0 Å². The molecule has 3 aliphatic carbocycles. The second-order valence-corrected chi connectivity index (χ2v) is 11.7. The number of nitrogens with zero attached hydrogens (tertiary/aromatic N) is 1. The minimum absolute atomic E-state index is 0.0265. The Labute approximate surface area is 199 Å². The van der Waals surface area contributed by atoms with Gasteiger partial charge in [0.05, 0.1) is 11.8 Å². The van der Waals surface area contributed by atoms with E-state index in [9.17, 15) is 9.90 Å². The summed E-state index contributed by atoms with van der Waals surface area (Å²) in [5.74, 6) is 0.838. The highest BCUT2D eigenvalue weighted by atomic mass is 16.3. The Morgan fingerprint density at radius 3 is 2.18 bits per heavy atom. The molecule has 176 valence electrons. The summed E-state index contributed by atoms with van der Waals surface area (Å²) in [6.45, 7) is 6.54. The molecule has 2 aromatic rings. The number of aromatic nitrogens is 1. The van der Waals surface area contributed by atoms with Crippen LogP contribution in [-0.4, -0.2) is 15.9 Å². The van der Waals surface area contributed by atoms with Crippen molar-refractivity contribution >= 4 is 5.78 Å². The predicted molar refractivity (Wildman–Crippen MR) is 133 cm³/mol. The summed E-state index contributed by atoms with van der Waals surface area (Å²) < 4.78 is 0. The van der Waals surface area contributed by atoms with Gasteiger partial charge in [-0.2, -0.15) is 0 Å². The molecule has 33 heavy (non-hydrogen) atoms. The van der Waals surface area contributed by atoms with E-state index < -0.39 is 6.10 Å². The Hall–Kier alpha value is -2.00. The smallest absolute Gasteiger partial charge is 0.195 e. The number of fused-ring (bicyclic) bond motifs is 1. The Morgan fingerprint density at radius 2 is 1.52 bits per heavy atom. The van der Waals surface area contributed by atoms with E-state index in [4.69, 9.17) is 4.98 Å². The molecule has 1 aromatic heterocycles. The van der Waals surface area contributed by atoms with E-state index in [1.807, 2.05) is 24.3 Å². The van der Waals surface area contributed by atoms with E-state index in [0.29, 0.717) is 11.8 Å². The van der Waals surface area contributed by atoms with Crippen LogP contribution in [0.5, 0.6) is 0 Å². The van der Waals surface area contributed by atoms with Crippen molar-refractivity contribution in [2.24, 2.45) is 5.41 Å². The van der Waals surface area contributed by atoms with Crippen LogP contribution in [0.4, 0.5) is 0 Å². The molecule has 0 radical (unpaired) electrons. The second-order valence-electron chi connectivity index (χ2n) is 11.7. The fraction of sp³-hybridized carbons (Fsp3) is 0.600. The molecule has 1 heterocycles. The average molecular weight is 446 g/mol. The molecule has 0 unspecified atom stereocenters. The first-order valence-corrected chi connectivity index (χ1v) is 13.2. The highest BCUT2D eigenvalue weighted by Crippen LogP contribution is 2.49. The van der Waals surface area contributed by atoms with Crippen molar-refractivity contribution < 1.29 is 9.90 Å². The number of hydrogen-bond donors (Lipinski definition) is 1. The summed E-state index contributed by atoms with van der Waals surface area (Å²) in [6, 6.07) is 8.01. The SMILES string of the molecule is Cc1ccc(C(=O)c2c(C3CCCC3)nc3c(c2C2CCCCC2)[C@@H](O)CC(C)(C)C3)cc1. The maximum absolute atomic E-state index is 14.2. The molecular formula is C30H39NO2. The topological polar surface area (TPSA) is 50.2 Å². The van der Waals surface area contributed by atoms with Crippen LogP contribution in [0.15, 0.2) is 24.3 Å². The number of carbonyl (C=O) groups is 1. The van der Waals surface area contributed by atoms with Crippen molar-refractivity contribution in [3.05, 3.63) is 63.5 Å². The van der Waals surface area contributed by atoms with Crippen LogP contribution in [-0.2, 0) is 6.42 Å². The first-order valence-electron chi connectivity index (χ1n) is 13.2. The minimum Gasteiger partial charge on any atom is -0.388 e. The molecular weight excluding hydrogens is 406 g/mol. The van der Waals surface area contributed by atoms with E-state index in [1.54, 1.807) is 0 Å². The highest BCUT2D eigenvalue weighted by Gasteiger charge is 2.40. The van der Waals surface area contributed by atoms with E-state index in [0.717, 1.165) is 72.2 Å². The molecule has 3 nitrogen and oxygen atoms in total. The minimum atomic E-state index is -0.532. The molecule has 3 aliphatic rings. The molecule has 0 spiro atoms. The molecule has 1 N–H and O–H groups in total. The Bertz CT molecular complexity index is 1020. The summed E-state index contributed by atoms with van der Waals surface area (Å²) in [5.41, 5.74) is 7.10. The standard InChI is InChI=1S/C30H39NO2/c1-19-13-15-22(16-14-19)29(33)27-25(20-9-5-4-6-10-20)26-23(17-30(2,3)18-24(26)32)31-28(27)21-11-7-8-12-21/h13-16,20-21,24,32H,4-12,17-18H2,1-3H3/t24-/m0/s1. The molecule has 3 heteroatoms. The fourth-order valence-corrected chi connectivity index (χ4v) is 6.75.